The fourth-order valence-electron chi connectivity index (χ4n) is 1.20. The van der Waals surface area contributed by atoms with Crippen LogP contribution in [0.15, 0.2) is 10.2 Å². The summed E-state index contributed by atoms with van der Waals surface area (Å²) in [6, 6.07) is 0. The topological polar surface area (TPSA) is 24.7 Å². The highest BCUT2D eigenvalue weighted by atomic mass is 15.2. The van der Waals surface area contributed by atoms with Gasteiger partial charge in [0.15, 0.2) is 0 Å². The van der Waals surface area contributed by atoms with Crippen LogP contribution in [-0.2, 0) is 0 Å². The Bertz CT molecular complexity index is 139. The molecule has 1 rings (SSSR count). The van der Waals surface area contributed by atoms with Crippen molar-refractivity contribution in [3.05, 3.63) is 0 Å². The molecular weight excluding hydrogens is 124 g/mol. The van der Waals surface area contributed by atoms with E-state index in [0.29, 0.717) is 0 Å². The molecule has 1 aliphatic rings. The van der Waals surface area contributed by atoms with Gasteiger partial charge in [0.1, 0.15) is 0 Å². The van der Waals surface area contributed by atoms with Gasteiger partial charge in [-0.05, 0) is 32.6 Å². The lowest BCUT2D eigenvalue weighted by Gasteiger charge is -2.09. The van der Waals surface area contributed by atoms with E-state index in [0.717, 1.165) is 12.8 Å². The van der Waals surface area contributed by atoms with E-state index in [1.165, 1.54) is 25.0 Å². The van der Waals surface area contributed by atoms with E-state index in [1.54, 1.807) is 6.21 Å². The molecule has 10 heavy (non-hydrogen) atoms. The van der Waals surface area contributed by atoms with Crippen molar-refractivity contribution < 1.29 is 0 Å². The SMILES string of the molecule is C/C=N/N=C1CCCCC1. The van der Waals surface area contributed by atoms with E-state index in [-0.39, 0.29) is 0 Å². The molecule has 0 spiro atoms. The molecule has 56 valence electrons. The third-order valence-corrected chi connectivity index (χ3v) is 1.75. The lowest BCUT2D eigenvalue weighted by atomic mass is 9.99. The molecule has 1 fully saturated rings. The van der Waals surface area contributed by atoms with Gasteiger partial charge < -0.3 is 0 Å². The molecule has 1 saturated carbocycles. The van der Waals surface area contributed by atoms with Gasteiger partial charge in [0.2, 0.25) is 0 Å². The van der Waals surface area contributed by atoms with Crippen molar-refractivity contribution >= 4 is 11.9 Å². The molecular formula is C8H14N2. The Labute approximate surface area is 62.0 Å². The maximum Gasteiger partial charge on any atom is 0.0405 e. The normalized spacial score (nSPS) is 19.9. The van der Waals surface area contributed by atoms with Crippen molar-refractivity contribution in [2.45, 2.75) is 39.0 Å². The number of hydrogen-bond donors (Lipinski definition) is 0. The molecule has 2 heteroatoms. The highest BCUT2D eigenvalue weighted by molar-refractivity contribution is 5.85. The van der Waals surface area contributed by atoms with Crippen LogP contribution in [0.3, 0.4) is 0 Å². The molecule has 2 nitrogen and oxygen atoms in total. The standard InChI is InChI=1S/C8H14N2/c1-2-9-10-8-6-4-3-5-7-8/h2H,3-7H2,1H3/b9-2+. The van der Waals surface area contributed by atoms with Crippen molar-refractivity contribution in [3.8, 4) is 0 Å². The number of hydrogen-bond acceptors (Lipinski definition) is 2. The summed E-state index contributed by atoms with van der Waals surface area (Å²) < 4.78 is 0. The lowest BCUT2D eigenvalue weighted by Crippen LogP contribution is -2.03. The quantitative estimate of drug-likeness (QED) is 0.392. The van der Waals surface area contributed by atoms with Crippen LogP contribution in [0.25, 0.3) is 0 Å². The van der Waals surface area contributed by atoms with Gasteiger partial charge >= 0.3 is 0 Å². The van der Waals surface area contributed by atoms with Gasteiger partial charge in [-0.3, -0.25) is 0 Å². The zero-order valence-electron chi connectivity index (χ0n) is 6.51. The highest BCUT2D eigenvalue weighted by Gasteiger charge is 2.05. The summed E-state index contributed by atoms with van der Waals surface area (Å²) in [5, 5.41) is 7.95. The maximum atomic E-state index is 4.09. The van der Waals surface area contributed by atoms with E-state index in [1.807, 2.05) is 6.92 Å². The second-order valence-corrected chi connectivity index (χ2v) is 2.60. The Morgan fingerprint density at radius 3 is 2.50 bits per heavy atom. The first kappa shape index (κ1) is 7.45. The van der Waals surface area contributed by atoms with Gasteiger partial charge in [-0.1, -0.05) is 6.42 Å². The van der Waals surface area contributed by atoms with Crippen LogP contribution in [0.2, 0.25) is 0 Å². The molecule has 0 aromatic carbocycles. The van der Waals surface area contributed by atoms with Crippen molar-refractivity contribution in [1.29, 1.82) is 0 Å². The maximum absolute atomic E-state index is 4.09. The monoisotopic (exact) mass is 138 g/mol. The predicted octanol–water partition coefficient (Wildman–Crippen LogP) is 2.40. The second-order valence-electron chi connectivity index (χ2n) is 2.60. The molecule has 0 atom stereocenters. The van der Waals surface area contributed by atoms with Crippen molar-refractivity contribution in [1.82, 2.24) is 0 Å². The smallest absolute Gasteiger partial charge is 0.0405 e. The van der Waals surface area contributed by atoms with Crippen LogP contribution in [0.5, 0.6) is 0 Å². The Morgan fingerprint density at radius 2 is 1.90 bits per heavy atom. The summed E-state index contributed by atoms with van der Waals surface area (Å²) in [5.41, 5.74) is 1.28. The van der Waals surface area contributed by atoms with E-state index in [4.69, 9.17) is 0 Å². The van der Waals surface area contributed by atoms with Gasteiger partial charge in [-0.15, -0.1) is 0 Å². The lowest BCUT2D eigenvalue weighted by molar-refractivity contribution is 0.664. The van der Waals surface area contributed by atoms with Crippen LogP contribution in [0.4, 0.5) is 0 Å². The summed E-state index contributed by atoms with van der Waals surface area (Å²) in [7, 11) is 0. The Morgan fingerprint density at radius 1 is 1.20 bits per heavy atom. The molecule has 0 saturated heterocycles. The van der Waals surface area contributed by atoms with E-state index in [9.17, 15) is 0 Å². The summed E-state index contributed by atoms with van der Waals surface area (Å²) in [6.45, 7) is 1.90. The molecule has 0 unspecified atom stereocenters. The molecule has 0 aromatic heterocycles. The largest absolute Gasteiger partial charge is 0.164 e. The summed E-state index contributed by atoms with van der Waals surface area (Å²) >= 11 is 0. The second kappa shape index (κ2) is 4.20. The first-order valence-electron chi connectivity index (χ1n) is 3.97. The summed E-state index contributed by atoms with van der Waals surface area (Å²) in [6.07, 6.45) is 8.04. The number of rotatable bonds is 1. The van der Waals surface area contributed by atoms with Gasteiger partial charge in [-0.2, -0.15) is 10.2 Å². The molecule has 0 bridgehead atoms. The first-order valence-corrected chi connectivity index (χ1v) is 3.97. The Hall–Kier alpha value is -0.660. The summed E-state index contributed by atoms with van der Waals surface area (Å²) in [5.74, 6) is 0. The van der Waals surface area contributed by atoms with Crippen LogP contribution < -0.4 is 0 Å². The van der Waals surface area contributed by atoms with Gasteiger partial charge in [0, 0.05) is 11.9 Å². The molecule has 0 N–H and O–H groups in total. The zero-order valence-corrected chi connectivity index (χ0v) is 6.51. The Balaban J connectivity index is 2.37. The van der Waals surface area contributed by atoms with E-state index in [2.05, 4.69) is 10.2 Å². The van der Waals surface area contributed by atoms with Crippen molar-refractivity contribution in [3.63, 3.8) is 0 Å². The fraction of sp³-hybridized carbons (Fsp3) is 0.750. The van der Waals surface area contributed by atoms with Crippen LogP contribution in [0.1, 0.15) is 39.0 Å². The Kier molecular flexibility index (Phi) is 3.13. The number of nitrogens with zero attached hydrogens (tertiary/aromatic N) is 2. The van der Waals surface area contributed by atoms with Crippen LogP contribution in [0, 0.1) is 0 Å². The molecule has 1 aliphatic carbocycles. The average molecular weight is 138 g/mol. The van der Waals surface area contributed by atoms with Gasteiger partial charge in [-0.25, -0.2) is 0 Å². The molecule has 0 heterocycles. The fourth-order valence-corrected chi connectivity index (χ4v) is 1.20. The molecule has 0 aromatic rings. The first-order chi connectivity index (χ1) is 4.93. The highest BCUT2D eigenvalue weighted by Crippen LogP contribution is 2.14. The third-order valence-electron chi connectivity index (χ3n) is 1.75. The van der Waals surface area contributed by atoms with Gasteiger partial charge in [0.05, 0.1) is 0 Å². The third kappa shape index (κ3) is 2.29. The van der Waals surface area contributed by atoms with Gasteiger partial charge in [0.25, 0.3) is 0 Å². The van der Waals surface area contributed by atoms with Crippen molar-refractivity contribution in [2.24, 2.45) is 10.2 Å². The van der Waals surface area contributed by atoms with Crippen molar-refractivity contribution in [2.75, 3.05) is 0 Å². The van der Waals surface area contributed by atoms with Crippen LogP contribution >= 0.6 is 0 Å². The molecule has 0 amide bonds. The molecule has 0 aliphatic heterocycles. The minimum absolute atomic E-state index is 1.16. The average Bonchev–Trinajstić information content (AvgIpc) is 2.03. The van der Waals surface area contributed by atoms with E-state index < -0.39 is 0 Å². The predicted molar refractivity (Wildman–Crippen MR) is 44.7 cm³/mol. The zero-order chi connectivity index (χ0) is 7.23. The minimum Gasteiger partial charge on any atom is -0.164 e. The minimum atomic E-state index is 1.16. The summed E-state index contributed by atoms with van der Waals surface area (Å²) in [4.78, 5) is 0. The van der Waals surface area contributed by atoms with E-state index >= 15 is 0 Å². The molecule has 0 radical (unpaired) electrons. The van der Waals surface area contributed by atoms with Crippen LogP contribution in [-0.4, -0.2) is 11.9 Å².